The molecule has 0 atom stereocenters. The fourth-order valence-corrected chi connectivity index (χ4v) is 1.62. The standard InChI is InChI=1S/C13H6F7NO/c14-8-5-10(21-11(6-8)12(15,16)17)7-1-3-9(4-2-7)22-13(18,19)20/h1-6H. The molecule has 9 heteroatoms. The van der Waals surface area contributed by atoms with Crippen LogP contribution in [0.2, 0.25) is 0 Å². The molecule has 1 aromatic heterocycles. The lowest BCUT2D eigenvalue weighted by atomic mass is 10.1. The first kappa shape index (κ1) is 16.1. The van der Waals surface area contributed by atoms with Crippen LogP contribution < -0.4 is 4.74 Å². The molecule has 0 amide bonds. The van der Waals surface area contributed by atoms with Crippen molar-refractivity contribution in [2.24, 2.45) is 0 Å². The molecule has 1 heterocycles. The third-order valence-corrected chi connectivity index (χ3v) is 2.46. The van der Waals surface area contributed by atoms with Crippen molar-refractivity contribution in [3.8, 4) is 17.0 Å². The minimum absolute atomic E-state index is 0.0134. The normalized spacial score (nSPS) is 12.3. The van der Waals surface area contributed by atoms with Crippen LogP contribution in [-0.4, -0.2) is 11.3 Å². The Morgan fingerprint density at radius 3 is 1.95 bits per heavy atom. The van der Waals surface area contributed by atoms with Gasteiger partial charge < -0.3 is 4.74 Å². The maximum atomic E-state index is 13.2. The summed E-state index contributed by atoms with van der Waals surface area (Å²) in [5, 5.41) is 0. The molecule has 0 spiro atoms. The highest BCUT2D eigenvalue weighted by Gasteiger charge is 2.33. The summed E-state index contributed by atoms with van der Waals surface area (Å²) in [6.07, 6.45) is -9.72. The van der Waals surface area contributed by atoms with Crippen LogP contribution in [0.25, 0.3) is 11.3 Å². The van der Waals surface area contributed by atoms with Gasteiger partial charge in [-0.2, -0.15) is 13.2 Å². The van der Waals surface area contributed by atoms with E-state index in [4.69, 9.17) is 0 Å². The van der Waals surface area contributed by atoms with Gasteiger partial charge in [0.1, 0.15) is 17.3 Å². The van der Waals surface area contributed by atoms with Crippen molar-refractivity contribution in [3.05, 3.63) is 47.9 Å². The second kappa shape index (κ2) is 5.47. The van der Waals surface area contributed by atoms with Crippen molar-refractivity contribution < 1.29 is 35.5 Å². The van der Waals surface area contributed by atoms with Crippen molar-refractivity contribution in [1.29, 1.82) is 0 Å². The van der Waals surface area contributed by atoms with Gasteiger partial charge in [-0.25, -0.2) is 9.37 Å². The fourth-order valence-electron chi connectivity index (χ4n) is 1.62. The number of alkyl halides is 6. The Balaban J connectivity index is 2.34. The van der Waals surface area contributed by atoms with E-state index in [1.807, 2.05) is 0 Å². The van der Waals surface area contributed by atoms with E-state index in [-0.39, 0.29) is 17.3 Å². The molecule has 2 nitrogen and oxygen atoms in total. The predicted molar refractivity (Wildman–Crippen MR) is 61.3 cm³/mol. The SMILES string of the molecule is Fc1cc(-c2ccc(OC(F)(F)F)cc2)nc(C(F)(F)F)c1. The van der Waals surface area contributed by atoms with Crippen molar-refractivity contribution in [3.63, 3.8) is 0 Å². The molecule has 0 aliphatic heterocycles. The Labute approximate surface area is 119 Å². The van der Waals surface area contributed by atoms with Gasteiger partial charge in [-0.05, 0) is 24.3 Å². The molecule has 0 aliphatic rings. The van der Waals surface area contributed by atoms with Gasteiger partial charge in [-0.3, -0.25) is 0 Å². The lowest BCUT2D eigenvalue weighted by molar-refractivity contribution is -0.274. The van der Waals surface area contributed by atoms with E-state index in [1.165, 1.54) is 0 Å². The Morgan fingerprint density at radius 2 is 1.45 bits per heavy atom. The molecule has 0 fully saturated rings. The summed E-state index contributed by atoms with van der Waals surface area (Å²) in [7, 11) is 0. The summed E-state index contributed by atoms with van der Waals surface area (Å²) >= 11 is 0. The van der Waals surface area contributed by atoms with Crippen LogP contribution in [0.15, 0.2) is 36.4 Å². The molecule has 0 radical (unpaired) electrons. The molecule has 0 N–H and O–H groups in total. The van der Waals surface area contributed by atoms with Gasteiger partial charge in [0.25, 0.3) is 0 Å². The highest BCUT2D eigenvalue weighted by atomic mass is 19.4. The second-order valence-electron chi connectivity index (χ2n) is 4.13. The summed E-state index contributed by atoms with van der Waals surface area (Å²) in [6, 6.07) is 4.84. The number of ether oxygens (including phenoxy) is 1. The first-order valence-corrected chi connectivity index (χ1v) is 5.65. The van der Waals surface area contributed by atoms with E-state index in [1.54, 1.807) is 0 Å². The third kappa shape index (κ3) is 4.09. The molecule has 0 unspecified atom stereocenters. The molecule has 22 heavy (non-hydrogen) atoms. The van der Waals surface area contributed by atoms with Crippen molar-refractivity contribution in [1.82, 2.24) is 4.98 Å². The quantitative estimate of drug-likeness (QED) is 0.740. The van der Waals surface area contributed by atoms with Crippen LogP contribution in [0.1, 0.15) is 5.69 Å². The fraction of sp³-hybridized carbons (Fsp3) is 0.154. The summed E-state index contributed by atoms with van der Waals surface area (Å²) in [5.41, 5.74) is -1.77. The molecule has 118 valence electrons. The molecule has 0 saturated heterocycles. The van der Waals surface area contributed by atoms with Crippen molar-refractivity contribution >= 4 is 0 Å². The van der Waals surface area contributed by atoms with E-state index in [0.29, 0.717) is 0 Å². The number of benzene rings is 1. The van der Waals surface area contributed by atoms with Crippen LogP contribution in [0, 0.1) is 5.82 Å². The van der Waals surface area contributed by atoms with E-state index in [2.05, 4.69) is 9.72 Å². The van der Waals surface area contributed by atoms with Crippen LogP contribution in [0.3, 0.4) is 0 Å². The van der Waals surface area contributed by atoms with Crippen LogP contribution >= 0.6 is 0 Å². The van der Waals surface area contributed by atoms with Gasteiger partial charge in [-0.1, -0.05) is 0 Å². The largest absolute Gasteiger partial charge is 0.573 e. The lowest BCUT2D eigenvalue weighted by Gasteiger charge is -2.10. The Bertz CT molecular complexity index is 662. The zero-order valence-corrected chi connectivity index (χ0v) is 10.5. The van der Waals surface area contributed by atoms with E-state index >= 15 is 0 Å². The van der Waals surface area contributed by atoms with Crippen molar-refractivity contribution in [2.75, 3.05) is 0 Å². The summed E-state index contributed by atoms with van der Waals surface area (Å²) in [5.74, 6) is -1.71. The third-order valence-electron chi connectivity index (χ3n) is 2.46. The molecular formula is C13H6F7NO. The molecule has 0 bridgehead atoms. The van der Waals surface area contributed by atoms with Crippen LogP contribution in [0.4, 0.5) is 30.7 Å². The van der Waals surface area contributed by atoms with Gasteiger partial charge in [0, 0.05) is 17.7 Å². The summed E-state index contributed by atoms with van der Waals surface area (Å²) < 4.78 is 90.4. The number of halogens is 7. The summed E-state index contributed by atoms with van der Waals surface area (Å²) in [6.45, 7) is 0. The molecule has 0 aliphatic carbocycles. The molecular weight excluding hydrogens is 319 g/mol. The highest BCUT2D eigenvalue weighted by molar-refractivity contribution is 5.60. The first-order valence-electron chi connectivity index (χ1n) is 5.65. The van der Waals surface area contributed by atoms with E-state index in [9.17, 15) is 30.7 Å². The topological polar surface area (TPSA) is 22.1 Å². The average Bonchev–Trinajstić information content (AvgIpc) is 2.36. The van der Waals surface area contributed by atoms with Crippen LogP contribution in [0.5, 0.6) is 5.75 Å². The van der Waals surface area contributed by atoms with Gasteiger partial charge >= 0.3 is 12.5 Å². The molecule has 0 saturated carbocycles. The van der Waals surface area contributed by atoms with Crippen molar-refractivity contribution in [2.45, 2.75) is 12.5 Å². The van der Waals surface area contributed by atoms with Gasteiger partial charge in [0.2, 0.25) is 0 Å². The highest BCUT2D eigenvalue weighted by Crippen LogP contribution is 2.31. The minimum atomic E-state index is -4.89. The summed E-state index contributed by atoms with van der Waals surface area (Å²) in [4.78, 5) is 3.25. The molecule has 2 aromatic rings. The first-order chi connectivity index (χ1) is 10.0. The number of pyridine rings is 1. The van der Waals surface area contributed by atoms with Crippen LogP contribution in [-0.2, 0) is 6.18 Å². The van der Waals surface area contributed by atoms with Gasteiger partial charge in [0.05, 0.1) is 5.69 Å². The Kier molecular flexibility index (Phi) is 3.99. The average molecular weight is 325 g/mol. The van der Waals surface area contributed by atoms with Gasteiger partial charge in [0.15, 0.2) is 0 Å². The zero-order chi connectivity index (χ0) is 16.5. The smallest absolute Gasteiger partial charge is 0.406 e. The molecule has 1 aromatic carbocycles. The number of rotatable bonds is 2. The number of nitrogens with zero attached hydrogens (tertiary/aromatic N) is 1. The Morgan fingerprint density at radius 1 is 0.864 bits per heavy atom. The lowest BCUT2D eigenvalue weighted by Crippen LogP contribution is -2.16. The number of hydrogen-bond donors (Lipinski definition) is 0. The van der Waals surface area contributed by atoms with E-state index in [0.717, 1.165) is 30.3 Å². The number of aromatic nitrogens is 1. The maximum Gasteiger partial charge on any atom is 0.573 e. The maximum absolute atomic E-state index is 13.2. The number of hydrogen-bond acceptors (Lipinski definition) is 2. The zero-order valence-electron chi connectivity index (χ0n) is 10.5. The monoisotopic (exact) mass is 325 g/mol. The molecule has 2 rings (SSSR count). The second-order valence-corrected chi connectivity index (χ2v) is 4.13. The van der Waals surface area contributed by atoms with Gasteiger partial charge in [-0.15, -0.1) is 13.2 Å². The Hall–Kier alpha value is -2.32. The minimum Gasteiger partial charge on any atom is -0.406 e. The van der Waals surface area contributed by atoms with E-state index < -0.39 is 29.8 Å². The predicted octanol–water partition coefficient (Wildman–Crippen LogP) is 4.81.